The van der Waals surface area contributed by atoms with Gasteiger partial charge in [-0.3, -0.25) is 0 Å². The molecule has 5 nitrogen and oxygen atoms in total. The molecule has 2 N–H and O–H groups in total. The number of nitrogens with one attached hydrogen (secondary N) is 2. The Balaban J connectivity index is 1.79. The smallest absolute Gasteiger partial charge is 0.229 e. The van der Waals surface area contributed by atoms with Gasteiger partial charge in [0.15, 0.2) is 0 Å². The van der Waals surface area contributed by atoms with Crippen molar-refractivity contribution in [2.75, 3.05) is 10.6 Å². The van der Waals surface area contributed by atoms with Gasteiger partial charge in [-0.1, -0.05) is 32.0 Å². The zero-order chi connectivity index (χ0) is 16.9. The monoisotopic (exact) mass is 322 g/mol. The molecule has 0 amide bonds. The first-order valence-electron chi connectivity index (χ1n) is 8.09. The van der Waals surface area contributed by atoms with Crippen LogP contribution in [0.5, 0.6) is 0 Å². The van der Waals surface area contributed by atoms with Crippen LogP contribution in [0.1, 0.15) is 36.8 Å². The molecule has 0 atom stereocenters. The molecule has 0 bridgehead atoms. The molecule has 0 aliphatic rings. The molecule has 0 unspecified atom stereocenters. The van der Waals surface area contributed by atoms with E-state index in [2.05, 4.69) is 46.6 Å². The Morgan fingerprint density at radius 2 is 1.92 bits per heavy atom. The number of anilines is 3. The van der Waals surface area contributed by atoms with Gasteiger partial charge in [0.2, 0.25) is 5.95 Å². The van der Waals surface area contributed by atoms with Gasteiger partial charge in [-0.05, 0) is 36.6 Å². The lowest BCUT2D eigenvalue weighted by atomic mass is 10.0. The molecule has 2 aromatic heterocycles. The van der Waals surface area contributed by atoms with Crippen molar-refractivity contribution in [1.29, 1.82) is 0 Å². The summed E-state index contributed by atoms with van der Waals surface area (Å²) in [7, 11) is 0. The maximum atomic E-state index is 5.33. The lowest BCUT2D eigenvalue weighted by Gasteiger charge is -2.14. The number of aryl methyl sites for hydroxylation is 1. The number of nitrogens with zero attached hydrogens (tertiary/aromatic N) is 2. The van der Waals surface area contributed by atoms with Crippen molar-refractivity contribution in [2.24, 2.45) is 0 Å². The van der Waals surface area contributed by atoms with Crippen molar-refractivity contribution in [3.63, 3.8) is 0 Å². The quantitative estimate of drug-likeness (QED) is 0.679. The first-order valence-corrected chi connectivity index (χ1v) is 8.09. The fourth-order valence-electron chi connectivity index (χ4n) is 2.54. The number of para-hydroxylation sites is 1. The van der Waals surface area contributed by atoms with Crippen LogP contribution in [0.25, 0.3) is 0 Å². The Morgan fingerprint density at radius 1 is 1.08 bits per heavy atom. The first-order chi connectivity index (χ1) is 11.6. The molecule has 1 aromatic carbocycles. The van der Waals surface area contributed by atoms with Gasteiger partial charge in [-0.2, -0.15) is 4.98 Å². The number of benzene rings is 1. The van der Waals surface area contributed by atoms with Crippen molar-refractivity contribution in [3.8, 4) is 0 Å². The molecule has 0 saturated carbocycles. The normalized spacial score (nSPS) is 10.8. The van der Waals surface area contributed by atoms with Crippen LogP contribution in [0.3, 0.4) is 0 Å². The molecule has 0 radical (unpaired) electrons. The van der Waals surface area contributed by atoms with Gasteiger partial charge in [0.1, 0.15) is 11.6 Å². The lowest BCUT2D eigenvalue weighted by Crippen LogP contribution is -2.06. The molecular weight excluding hydrogens is 300 g/mol. The van der Waals surface area contributed by atoms with Crippen molar-refractivity contribution >= 4 is 17.5 Å². The minimum atomic E-state index is 0.426. The molecule has 3 rings (SSSR count). The minimum Gasteiger partial charge on any atom is -0.467 e. The Bertz CT molecular complexity index is 797. The third-order valence-electron chi connectivity index (χ3n) is 3.71. The summed E-state index contributed by atoms with van der Waals surface area (Å²) in [6, 6.07) is 14.0. The Kier molecular flexibility index (Phi) is 4.79. The average Bonchev–Trinajstić information content (AvgIpc) is 3.06. The average molecular weight is 322 g/mol. The summed E-state index contributed by atoms with van der Waals surface area (Å²) in [6.45, 7) is 6.90. The van der Waals surface area contributed by atoms with Gasteiger partial charge in [-0.15, -0.1) is 0 Å². The Hall–Kier alpha value is -2.82. The second-order valence-corrected chi connectivity index (χ2v) is 6.02. The van der Waals surface area contributed by atoms with Gasteiger partial charge in [0.25, 0.3) is 0 Å². The Morgan fingerprint density at radius 3 is 2.67 bits per heavy atom. The van der Waals surface area contributed by atoms with Crippen LogP contribution in [-0.2, 0) is 6.54 Å². The zero-order valence-electron chi connectivity index (χ0n) is 14.2. The number of hydrogen-bond donors (Lipinski definition) is 2. The van der Waals surface area contributed by atoms with Gasteiger partial charge >= 0.3 is 0 Å². The lowest BCUT2D eigenvalue weighted by molar-refractivity contribution is 0.518. The van der Waals surface area contributed by atoms with E-state index in [1.165, 1.54) is 5.56 Å². The predicted molar refractivity (Wildman–Crippen MR) is 96.6 cm³/mol. The van der Waals surface area contributed by atoms with E-state index in [4.69, 9.17) is 4.42 Å². The van der Waals surface area contributed by atoms with E-state index in [0.717, 1.165) is 23.0 Å². The molecule has 0 spiro atoms. The third-order valence-corrected chi connectivity index (χ3v) is 3.71. The van der Waals surface area contributed by atoms with Crippen LogP contribution < -0.4 is 10.6 Å². The van der Waals surface area contributed by atoms with E-state index >= 15 is 0 Å². The van der Waals surface area contributed by atoms with Gasteiger partial charge < -0.3 is 15.1 Å². The number of hydrogen-bond acceptors (Lipinski definition) is 5. The van der Waals surface area contributed by atoms with Crippen molar-refractivity contribution in [1.82, 2.24) is 9.97 Å². The summed E-state index contributed by atoms with van der Waals surface area (Å²) in [5.74, 6) is 2.65. The highest BCUT2D eigenvalue weighted by Crippen LogP contribution is 2.26. The van der Waals surface area contributed by atoms with Crippen LogP contribution >= 0.6 is 0 Å². The van der Waals surface area contributed by atoms with E-state index in [1.807, 2.05) is 37.3 Å². The summed E-state index contributed by atoms with van der Waals surface area (Å²) in [5, 5.41) is 6.61. The van der Waals surface area contributed by atoms with E-state index < -0.39 is 0 Å². The summed E-state index contributed by atoms with van der Waals surface area (Å²) in [5.41, 5.74) is 3.18. The molecule has 124 valence electrons. The molecule has 24 heavy (non-hydrogen) atoms. The zero-order valence-corrected chi connectivity index (χ0v) is 14.2. The molecule has 0 aliphatic heterocycles. The number of furan rings is 1. The summed E-state index contributed by atoms with van der Waals surface area (Å²) in [6.07, 6.45) is 1.66. The standard InChI is InChI=1S/C19H22N4O/c1-13(2)16-8-4-5-9-17(16)22-19-21-14(3)11-18(23-19)20-12-15-7-6-10-24-15/h4-11,13H,12H2,1-3H3,(H2,20,21,22,23). The van der Waals surface area contributed by atoms with Crippen molar-refractivity contribution in [2.45, 2.75) is 33.2 Å². The molecule has 3 aromatic rings. The van der Waals surface area contributed by atoms with Crippen LogP contribution in [0.15, 0.2) is 53.1 Å². The summed E-state index contributed by atoms with van der Waals surface area (Å²) < 4.78 is 5.33. The second-order valence-electron chi connectivity index (χ2n) is 6.02. The van der Waals surface area contributed by atoms with Gasteiger partial charge in [0, 0.05) is 17.4 Å². The van der Waals surface area contributed by atoms with E-state index in [9.17, 15) is 0 Å². The van der Waals surface area contributed by atoms with Crippen LogP contribution in [-0.4, -0.2) is 9.97 Å². The SMILES string of the molecule is Cc1cc(NCc2ccco2)nc(Nc2ccccc2C(C)C)n1. The number of aromatic nitrogens is 2. The van der Waals surface area contributed by atoms with E-state index in [-0.39, 0.29) is 0 Å². The summed E-state index contributed by atoms with van der Waals surface area (Å²) >= 11 is 0. The largest absolute Gasteiger partial charge is 0.467 e. The van der Waals surface area contributed by atoms with E-state index in [1.54, 1.807) is 6.26 Å². The van der Waals surface area contributed by atoms with E-state index in [0.29, 0.717) is 18.4 Å². The maximum absolute atomic E-state index is 5.33. The highest BCUT2D eigenvalue weighted by atomic mass is 16.3. The minimum absolute atomic E-state index is 0.426. The van der Waals surface area contributed by atoms with Gasteiger partial charge in [0.05, 0.1) is 12.8 Å². The van der Waals surface area contributed by atoms with Crippen LogP contribution in [0, 0.1) is 6.92 Å². The summed E-state index contributed by atoms with van der Waals surface area (Å²) in [4.78, 5) is 9.04. The highest BCUT2D eigenvalue weighted by molar-refractivity contribution is 5.60. The predicted octanol–water partition coefficient (Wildman–Crippen LogP) is 4.86. The molecular formula is C19H22N4O. The topological polar surface area (TPSA) is 63.0 Å². The second kappa shape index (κ2) is 7.17. The molecule has 0 saturated heterocycles. The fraction of sp³-hybridized carbons (Fsp3) is 0.263. The van der Waals surface area contributed by atoms with Gasteiger partial charge in [-0.25, -0.2) is 4.98 Å². The molecule has 5 heteroatoms. The Labute approximate surface area is 142 Å². The first kappa shape index (κ1) is 16.1. The molecule has 2 heterocycles. The van der Waals surface area contributed by atoms with Crippen molar-refractivity contribution in [3.05, 3.63) is 65.7 Å². The number of rotatable bonds is 6. The third kappa shape index (κ3) is 3.93. The van der Waals surface area contributed by atoms with Crippen LogP contribution in [0.2, 0.25) is 0 Å². The molecule has 0 aliphatic carbocycles. The molecule has 0 fully saturated rings. The maximum Gasteiger partial charge on any atom is 0.229 e. The fourth-order valence-corrected chi connectivity index (χ4v) is 2.54. The van der Waals surface area contributed by atoms with Crippen LogP contribution in [0.4, 0.5) is 17.5 Å². The van der Waals surface area contributed by atoms with Crippen molar-refractivity contribution < 1.29 is 4.42 Å². The highest BCUT2D eigenvalue weighted by Gasteiger charge is 2.09.